The van der Waals surface area contributed by atoms with Gasteiger partial charge in [0.1, 0.15) is 0 Å². The summed E-state index contributed by atoms with van der Waals surface area (Å²) in [5, 5.41) is 0. The van der Waals surface area contributed by atoms with Crippen molar-refractivity contribution >= 4 is 0 Å². The summed E-state index contributed by atoms with van der Waals surface area (Å²) in [6, 6.07) is 0.226. The molecule has 102 valence electrons. The van der Waals surface area contributed by atoms with Crippen LogP contribution < -0.4 is 5.73 Å². The van der Waals surface area contributed by atoms with Crippen LogP contribution in [0.1, 0.15) is 59.8 Å². The monoisotopic (exact) mass is 241 g/mol. The van der Waals surface area contributed by atoms with Crippen molar-refractivity contribution in [2.45, 2.75) is 71.9 Å². The fourth-order valence-corrected chi connectivity index (χ4v) is 3.26. The highest BCUT2D eigenvalue weighted by atomic mass is 16.5. The molecule has 4 atom stereocenters. The molecule has 2 N–H and O–H groups in total. The first-order chi connectivity index (χ1) is 8.10. The molecule has 2 heteroatoms. The molecule has 0 spiro atoms. The lowest BCUT2D eigenvalue weighted by Crippen LogP contribution is -2.47. The summed E-state index contributed by atoms with van der Waals surface area (Å²) in [4.78, 5) is 0. The van der Waals surface area contributed by atoms with Crippen molar-refractivity contribution in [2.24, 2.45) is 23.5 Å². The van der Waals surface area contributed by atoms with Crippen molar-refractivity contribution in [3.05, 3.63) is 0 Å². The van der Waals surface area contributed by atoms with Gasteiger partial charge in [0, 0.05) is 12.6 Å². The lowest BCUT2D eigenvalue weighted by Gasteiger charge is -2.37. The zero-order valence-corrected chi connectivity index (χ0v) is 12.1. The molecule has 0 aliphatic heterocycles. The Morgan fingerprint density at radius 3 is 2.47 bits per heavy atom. The van der Waals surface area contributed by atoms with Crippen LogP contribution in [0, 0.1) is 17.8 Å². The normalized spacial score (nSPS) is 29.3. The summed E-state index contributed by atoms with van der Waals surface area (Å²) in [5.74, 6) is 2.09. The fourth-order valence-electron chi connectivity index (χ4n) is 3.26. The van der Waals surface area contributed by atoms with Crippen molar-refractivity contribution in [3.8, 4) is 0 Å². The van der Waals surface area contributed by atoms with Crippen LogP contribution >= 0.6 is 0 Å². The van der Waals surface area contributed by atoms with Crippen molar-refractivity contribution in [1.29, 1.82) is 0 Å². The van der Waals surface area contributed by atoms with Crippen molar-refractivity contribution in [3.63, 3.8) is 0 Å². The molecular weight excluding hydrogens is 210 g/mol. The van der Waals surface area contributed by atoms with Crippen LogP contribution in [0.25, 0.3) is 0 Å². The van der Waals surface area contributed by atoms with E-state index >= 15 is 0 Å². The summed E-state index contributed by atoms with van der Waals surface area (Å²) in [5.41, 5.74) is 6.47. The van der Waals surface area contributed by atoms with E-state index in [-0.39, 0.29) is 12.1 Å². The van der Waals surface area contributed by atoms with Crippen LogP contribution in [0.15, 0.2) is 0 Å². The first-order valence-electron chi connectivity index (χ1n) is 7.47. The molecule has 0 aromatic carbocycles. The summed E-state index contributed by atoms with van der Waals surface area (Å²) < 4.78 is 5.86. The van der Waals surface area contributed by atoms with Crippen molar-refractivity contribution in [1.82, 2.24) is 0 Å². The van der Waals surface area contributed by atoms with E-state index in [0.29, 0.717) is 11.8 Å². The maximum atomic E-state index is 6.47. The molecule has 2 nitrogen and oxygen atoms in total. The summed E-state index contributed by atoms with van der Waals surface area (Å²) in [7, 11) is 0. The SMILES string of the molecule is CCOC(C(C)C)C(N)C1CCCC(CC)C1. The Morgan fingerprint density at radius 1 is 1.24 bits per heavy atom. The average molecular weight is 241 g/mol. The van der Waals surface area contributed by atoms with E-state index in [2.05, 4.69) is 27.7 Å². The second-order valence-corrected chi connectivity index (χ2v) is 5.94. The van der Waals surface area contributed by atoms with Gasteiger partial charge in [-0.2, -0.15) is 0 Å². The van der Waals surface area contributed by atoms with Gasteiger partial charge in [0.05, 0.1) is 6.10 Å². The van der Waals surface area contributed by atoms with E-state index in [1.54, 1.807) is 0 Å². The highest BCUT2D eigenvalue weighted by molar-refractivity contribution is 4.86. The molecular formula is C15H31NO. The molecule has 4 unspecified atom stereocenters. The molecule has 0 aromatic rings. The molecule has 0 radical (unpaired) electrons. The lowest BCUT2D eigenvalue weighted by molar-refractivity contribution is -0.00873. The Labute approximate surface area is 107 Å². The number of nitrogens with two attached hydrogens (primary N) is 1. The first kappa shape index (κ1) is 15.0. The average Bonchev–Trinajstić information content (AvgIpc) is 2.34. The zero-order valence-electron chi connectivity index (χ0n) is 12.1. The van der Waals surface area contributed by atoms with Gasteiger partial charge in [0.25, 0.3) is 0 Å². The van der Waals surface area contributed by atoms with Gasteiger partial charge in [-0.15, -0.1) is 0 Å². The Hall–Kier alpha value is -0.0800. The predicted molar refractivity (Wildman–Crippen MR) is 74.0 cm³/mol. The highest BCUT2D eigenvalue weighted by Crippen LogP contribution is 2.34. The molecule has 0 aromatic heterocycles. The molecule has 1 aliphatic rings. The molecule has 1 fully saturated rings. The summed E-state index contributed by atoms with van der Waals surface area (Å²) in [6.45, 7) is 9.60. The van der Waals surface area contributed by atoms with Crippen LogP contribution in [-0.4, -0.2) is 18.8 Å². The van der Waals surface area contributed by atoms with Crippen molar-refractivity contribution in [2.75, 3.05) is 6.61 Å². The minimum atomic E-state index is 0.226. The van der Waals surface area contributed by atoms with Gasteiger partial charge in [-0.3, -0.25) is 0 Å². The van der Waals surface area contributed by atoms with E-state index in [1.165, 1.54) is 32.1 Å². The minimum absolute atomic E-state index is 0.226. The maximum absolute atomic E-state index is 6.47. The summed E-state index contributed by atoms with van der Waals surface area (Å²) >= 11 is 0. The molecule has 1 saturated carbocycles. The van der Waals surface area contributed by atoms with Gasteiger partial charge in [-0.05, 0) is 37.5 Å². The van der Waals surface area contributed by atoms with E-state index in [9.17, 15) is 0 Å². The van der Waals surface area contributed by atoms with Crippen molar-refractivity contribution < 1.29 is 4.74 Å². The van der Waals surface area contributed by atoms with Gasteiger partial charge in [0.2, 0.25) is 0 Å². The number of hydrogen-bond acceptors (Lipinski definition) is 2. The van der Waals surface area contributed by atoms with Crippen LogP contribution in [0.5, 0.6) is 0 Å². The van der Waals surface area contributed by atoms with Gasteiger partial charge in [0.15, 0.2) is 0 Å². The third kappa shape index (κ3) is 4.26. The topological polar surface area (TPSA) is 35.2 Å². The Kier molecular flexibility index (Phi) is 6.50. The molecule has 0 heterocycles. The second-order valence-electron chi connectivity index (χ2n) is 5.94. The Bertz CT molecular complexity index is 205. The molecule has 0 bridgehead atoms. The van der Waals surface area contributed by atoms with Crippen LogP contribution in [0.4, 0.5) is 0 Å². The lowest BCUT2D eigenvalue weighted by atomic mass is 9.74. The number of rotatable bonds is 6. The summed E-state index contributed by atoms with van der Waals surface area (Å²) in [6.07, 6.45) is 6.92. The molecule has 1 rings (SSSR count). The maximum Gasteiger partial charge on any atom is 0.0751 e. The van der Waals surface area contributed by atoms with Crippen LogP contribution in [-0.2, 0) is 4.74 Å². The van der Waals surface area contributed by atoms with Gasteiger partial charge < -0.3 is 10.5 Å². The number of hydrogen-bond donors (Lipinski definition) is 1. The van der Waals surface area contributed by atoms with Gasteiger partial charge >= 0.3 is 0 Å². The highest BCUT2D eigenvalue weighted by Gasteiger charge is 2.32. The van der Waals surface area contributed by atoms with E-state index in [4.69, 9.17) is 10.5 Å². The van der Waals surface area contributed by atoms with Gasteiger partial charge in [-0.25, -0.2) is 0 Å². The van der Waals surface area contributed by atoms with Gasteiger partial charge in [-0.1, -0.05) is 40.0 Å². The first-order valence-corrected chi connectivity index (χ1v) is 7.47. The fraction of sp³-hybridized carbons (Fsp3) is 1.00. The Morgan fingerprint density at radius 2 is 1.94 bits per heavy atom. The third-order valence-corrected chi connectivity index (χ3v) is 4.34. The molecule has 0 saturated heterocycles. The molecule has 1 aliphatic carbocycles. The second kappa shape index (κ2) is 7.38. The van der Waals surface area contributed by atoms with E-state index < -0.39 is 0 Å². The molecule has 0 amide bonds. The van der Waals surface area contributed by atoms with Crippen LogP contribution in [0.3, 0.4) is 0 Å². The third-order valence-electron chi connectivity index (χ3n) is 4.34. The zero-order chi connectivity index (χ0) is 12.8. The largest absolute Gasteiger partial charge is 0.377 e. The smallest absolute Gasteiger partial charge is 0.0751 e. The number of ether oxygens (including phenoxy) is 1. The predicted octanol–water partition coefficient (Wildman–Crippen LogP) is 3.59. The standard InChI is InChI=1S/C15H31NO/c1-5-12-8-7-9-13(10-12)14(16)15(11(3)4)17-6-2/h11-15H,5-10,16H2,1-4H3. The quantitative estimate of drug-likeness (QED) is 0.771. The van der Waals surface area contributed by atoms with E-state index in [1.807, 2.05) is 0 Å². The van der Waals surface area contributed by atoms with E-state index in [0.717, 1.165) is 12.5 Å². The minimum Gasteiger partial charge on any atom is -0.377 e. The Balaban J connectivity index is 2.56. The molecule has 17 heavy (non-hydrogen) atoms. The van der Waals surface area contributed by atoms with Crippen LogP contribution in [0.2, 0.25) is 0 Å².